The van der Waals surface area contributed by atoms with E-state index in [-0.39, 0.29) is 16.6 Å². The maximum Gasteiger partial charge on any atom is 0.374 e. The molecule has 3 heteroatoms. The second-order valence-corrected chi connectivity index (χ2v) is 7.79. The van der Waals surface area contributed by atoms with Gasteiger partial charge in [-0.3, -0.25) is 0 Å². The quantitative estimate of drug-likeness (QED) is 0.537. The summed E-state index contributed by atoms with van der Waals surface area (Å²) in [7, 11) is 0. The van der Waals surface area contributed by atoms with Crippen LogP contribution in [0.1, 0.15) is 70.7 Å². The maximum absolute atomic E-state index is 11.6. The first-order valence-electron chi connectivity index (χ1n) is 8.84. The number of hydrogen-bond acceptors (Lipinski definition) is 3. The van der Waals surface area contributed by atoms with Crippen molar-refractivity contribution in [1.29, 1.82) is 0 Å². The summed E-state index contributed by atoms with van der Waals surface area (Å²) < 4.78 is 10.3. The summed E-state index contributed by atoms with van der Waals surface area (Å²) in [6.07, 6.45) is 6.37. The van der Waals surface area contributed by atoms with Crippen LogP contribution in [0.3, 0.4) is 0 Å². The lowest BCUT2D eigenvalue weighted by Gasteiger charge is -2.41. The molecule has 2 rings (SSSR count). The monoisotopic (exact) mass is 340 g/mol. The first-order chi connectivity index (χ1) is 11.7. The van der Waals surface area contributed by atoms with Gasteiger partial charge >= 0.3 is 5.97 Å². The fourth-order valence-corrected chi connectivity index (χ4v) is 3.12. The van der Waals surface area contributed by atoms with Gasteiger partial charge in [-0.2, -0.15) is 0 Å². The van der Waals surface area contributed by atoms with E-state index in [2.05, 4.69) is 52.5 Å². The smallest absolute Gasteiger partial charge is 0.374 e. The van der Waals surface area contributed by atoms with Gasteiger partial charge in [-0.1, -0.05) is 45.3 Å². The Kier molecular flexibility index (Phi) is 5.62. The molecule has 0 bridgehead atoms. The van der Waals surface area contributed by atoms with Gasteiger partial charge < -0.3 is 9.15 Å². The van der Waals surface area contributed by atoms with Crippen LogP contribution in [0.4, 0.5) is 0 Å². The van der Waals surface area contributed by atoms with E-state index in [1.165, 1.54) is 24.0 Å². The third-order valence-electron chi connectivity index (χ3n) is 5.13. The van der Waals surface area contributed by atoms with Crippen molar-refractivity contribution < 1.29 is 13.9 Å². The molecule has 0 saturated carbocycles. The number of carbonyl (C=O) groups excluding carboxylic acids is 1. The SMILES string of the molecule is CCOC(=O)c1ccc(C#CC=CC2=C(C)C(C)(C)CCC2(C)C)o1. The van der Waals surface area contributed by atoms with E-state index in [9.17, 15) is 4.79 Å². The second-order valence-electron chi connectivity index (χ2n) is 7.79. The molecule has 0 fully saturated rings. The molecular weight excluding hydrogens is 312 g/mol. The van der Waals surface area contributed by atoms with Gasteiger partial charge in [0.1, 0.15) is 0 Å². The van der Waals surface area contributed by atoms with Crippen molar-refractivity contribution in [2.45, 2.75) is 54.4 Å². The fourth-order valence-electron chi connectivity index (χ4n) is 3.12. The van der Waals surface area contributed by atoms with Gasteiger partial charge in [0.25, 0.3) is 0 Å². The van der Waals surface area contributed by atoms with Crippen LogP contribution in [0.15, 0.2) is 39.8 Å². The van der Waals surface area contributed by atoms with Crippen LogP contribution in [0.5, 0.6) is 0 Å². The molecule has 0 aliphatic heterocycles. The molecule has 0 saturated heterocycles. The predicted octanol–water partition coefficient (Wildman–Crippen LogP) is 5.53. The van der Waals surface area contributed by atoms with E-state index in [0.29, 0.717) is 12.4 Å². The summed E-state index contributed by atoms with van der Waals surface area (Å²) in [5.41, 5.74) is 3.20. The minimum Gasteiger partial charge on any atom is -0.460 e. The Morgan fingerprint density at radius 1 is 1.24 bits per heavy atom. The van der Waals surface area contributed by atoms with E-state index in [1.54, 1.807) is 19.1 Å². The molecule has 0 spiro atoms. The molecule has 134 valence electrons. The summed E-state index contributed by atoms with van der Waals surface area (Å²) in [4.78, 5) is 11.6. The van der Waals surface area contributed by atoms with Gasteiger partial charge in [-0.05, 0) is 67.2 Å². The number of carbonyl (C=O) groups is 1. The van der Waals surface area contributed by atoms with Crippen molar-refractivity contribution >= 4 is 5.97 Å². The molecule has 0 unspecified atom stereocenters. The van der Waals surface area contributed by atoms with Crippen molar-refractivity contribution in [3.05, 3.63) is 47.0 Å². The zero-order valence-electron chi connectivity index (χ0n) is 16.2. The molecule has 1 aliphatic carbocycles. The Morgan fingerprint density at radius 3 is 2.60 bits per heavy atom. The van der Waals surface area contributed by atoms with Crippen molar-refractivity contribution in [3.8, 4) is 11.8 Å². The molecular formula is C22H28O3. The van der Waals surface area contributed by atoms with Crippen molar-refractivity contribution in [1.82, 2.24) is 0 Å². The number of allylic oxidation sites excluding steroid dienone is 4. The topological polar surface area (TPSA) is 39.4 Å². The highest BCUT2D eigenvalue weighted by atomic mass is 16.5. The molecule has 1 heterocycles. The molecule has 25 heavy (non-hydrogen) atoms. The average molecular weight is 340 g/mol. The van der Waals surface area contributed by atoms with Crippen molar-refractivity contribution in [2.24, 2.45) is 10.8 Å². The third kappa shape index (κ3) is 4.45. The summed E-state index contributed by atoms with van der Waals surface area (Å²) in [5, 5.41) is 0. The van der Waals surface area contributed by atoms with Crippen molar-refractivity contribution in [3.63, 3.8) is 0 Å². The highest BCUT2D eigenvalue weighted by Gasteiger charge is 2.35. The zero-order chi connectivity index (χ0) is 18.7. The zero-order valence-corrected chi connectivity index (χ0v) is 16.2. The maximum atomic E-state index is 11.6. The lowest BCUT2D eigenvalue weighted by Crippen LogP contribution is -2.29. The van der Waals surface area contributed by atoms with Gasteiger partial charge in [0.05, 0.1) is 6.61 Å². The Bertz CT molecular complexity index is 761. The molecule has 0 atom stereocenters. The molecule has 0 amide bonds. The standard InChI is InChI=1S/C22H28O3/c1-7-24-20(23)19-13-12-17(25-19)10-8-9-11-18-16(2)21(3,4)14-15-22(18,5)6/h9,11-13H,7,14-15H2,1-6H3. The Balaban J connectivity index is 2.16. The van der Waals surface area contributed by atoms with E-state index in [1.807, 2.05) is 6.08 Å². The Hall–Kier alpha value is -2.21. The lowest BCUT2D eigenvalue weighted by atomic mass is 9.63. The highest BCUT2D eigenvalue weighted by molar-refractivity contribution is 5.86. The van der Waals surface area contributed by atoms with Crippen LogP contribution in [0.2, 0.25) is 0 Å². The summed E-state index contributed by atoms with van der Waals surface area (Å²) >= 11 is 0. The van der Waals surface area contributed by atoms with Crippen LogP contribution in [-0.4, -0.2) is 12.6 Å². The van der Waals surface area contributed by atoms with Gasteiger partial charge in [0.15, 0.2) is 5.76 Å². The lowest BCUT2D eigenvalue weighted by molar-refractivity contribution is 0.0489. The third-order valence-corrected chi connectivity index (χ3v) is 5.13. The molecule has 0 aromatic carbocycles. The Labute approximate surface area is 151 Å². The number of furan rings is 1. The van der Waals surface area contributed by atoms with E-state index < -0.39 is 5.97 Å². The normalized spacial score (nSPS) is 18.8. The summed E-state index contributed by atoms with van der Waals surface area (Å²) in [6.45, 7) is 13.5. The Morgan fingerprint density at radius 2 is 1.92 bits per heavy atom. The minimum atomic E-state index is -0.460. The molecule has 0 N–H and O–H groups in total. The highest BCUT2D eigenvalue weighted by Crippen LogP contribution is 2.48. The van der Waals surface area contributed by atoms with Crippen LogP contribution in [0.25, 0.3) is 0 Å². The van der Waals surface area contributed by atoms with Crippen LogP contribution >= 0.6 is 0 Å². The average Bonchev–Trinajstić information content (AvgIpc) is 3.00. The fraction of sp³-hybridized carbons (Fsp3) is 0.500. The minimum absolute atomic E-state index is 0.166. The largest absolute Gasteiger partial charge is 0.460 e. The number of rotatable bonds is 3. The number of hydrogen-bond donors (Lipinski definition) is 0. The number of esters is 1. The summed E-state index contributed by atoms with van der Waals surface area (Å²) in [5.74, 6) is 6.12. The van der Waals surface area contributed by atoms with E-state index in [4.69, 9.17) is 9.15 Å². The second kappa shape index (κ2) is 7.35. The molecule has 0 radical (unpaired) electrons. The van der Waals surface area contributed by atoms with E-state index >= 15 is 0 Å². The first-order valence-corrected chi connectivity index (χ1v) is 8.84. The van der Waals surface area contributed by atoms with Gasteiger partial charge in [-0.15, -0.1) is 0 Å². The first kappa shape index (κ1) is 19.1. The molecule has 3 nitrogen and oxygen atoms in total. The van der Waals surface area contributed by atoms with Crippen LogP contribution < -0.4 is 0 Å². The van der Waals surface area contributed by atoms with Gasteiger partial charge in [-0.25, -0.2) is 4.79 Å². The van der Waals surface area contributed by atoms with Gasteiger partial charge in [0.2, 0.25) is 5.76 Å². The van der Waals surface area contributed by atoms with Crippen LogP contribution in [-0.2, 0) is 4.74 Å². The summed E-state index contributed by atoms with van der Waals surface area (Å²) in [6, 6.07) is 3.27. The van der Waals surface area contributed by atoms with Crippen molar-refractivity contribution in [2.75, 3.05) is 6.61 Å². The number of ether oxygens (including phenoxy) is 1. The molecule has 1 aromatic heterocycles. The predicted molar refractivity (Wildman–Crippen MR) is 100 cm³/mol. The van der Waals surface area contributed by atoms with E-state index in [0.717, 1.165) is 0 Å². The molecule has 1 aliphatic rings. The molecule has 1 aromatic rings. The van der Waals surface area contributed by atoms with Crippen LogP contribution in [0, 0.1) is 22.7 Å². The van der Waals surface area contributed by atoms with Gasteiger partial charge in [0, 0.05) is 0 Å².